The maximum absolute atomic E-state index is 5.39. The van der Waals surface area contributed by atoms with Gasteiger partial charge in [0.2, 0.25) is 0 Å². The largest absolute Gasteiger partial charge is 0.374 e. The Hall–Kier alpha value is -1.73. The summed E-state index contributed by atoms with van der Waals surface area (Å²) in [6.07, 6.45) is 1.81. The van der Waals surface area contributed by atoms with Gasteiger partial charge in [-0.3, -0.25) is 0 Å². The van der Waals surface area contributed by atoms with E-state index in [0.717, 1.165) is 16.6 Å². The molecule has 114 valence electrons. The summed E-state index contributed by atoms with van der Waals surface area (Å²) in [5, 5.41) is 9.44. The molecular weight excluding hydrogens is 286 g/mol. The molecule has 0 unspecified atom stereocenters. The van der Waals surface area contributed by atoms with Crippen LogP contribution in [-0.2, 0) is 16.9 Å². The second-order valence-electron chi connectivity index (χ2n) is 5.03. The predicted octanol–water partition coefficient (Wildman–Crippen LogP) is 2.86. The number of aromatic nitrogens is 3. The van der Waals surface area contributed by atoms with E-state index in [4.69, 9.17) is 4.74 Å². The molecule has 2 N–H and O–H groups in total. The average molecular weight is 307 g/mol. The van der Waals surface area contributed by atoms with E-state index in [1.807, 2.05) is 31.6 Å². The predicted molar refractivity (Wildman–Crippen MR) is 85.7 cm³/mol. The van der Waals surface area contributed by atoms with E-state index >= 15 is 0 Å². The fourth-order valence-electron chi connectivity index (χ4n) is 1.85. The highest BCUT2D eigenvalue weighted by atomic mass is 32.1. The van der Waals surface area contributed by atoms with E-state index in [9.17, 15) is 0 Å². The normalized spacial score (nSPS) is 11.4. The molecule has 0 atom stereocenters. The van der Waals surface area contributed by atoms with Gasteiger partial charge >= 0.3 is 0 Å². The lowest BCUT2D eigenvalue weighted by atomic mass is 10.1. The summed E-state index contributed by atoms with van der Waals surface area (Å²) in [5.74, 6) is 2.17. The smallest absolute Gasteiger partial charge is 0.158 e. The summed E-state index contributed by atoms with van der Waals surface area (Å²) in [6, 6.07) is 1.88. The molecule has 7 heteroatoms. The van der Waals surface area contributed by atoms with Gasteiger partial charge < -0.3 is 15.4 Å². The van der Waals surface area contributed by atoms with Crippen molar-refractivity contribution in [3.8, 4) is 0 Å². The molecule has 6 nitrogen and oxygen atoms in total. The van der Waals surface area contributed by atoms with Crippen LogP contribution in [0.3, 0.4) is 0 Å². The average Bonchev–Trinajstić information content (AvgIpc) is 2.99. The minimum Gasteiger partial charge on any atom is -0.374 e. The van der Waals surface area contributed by atoms with Gasteiger partial charge in [0.05, 0.1) is 5.54 Å². The van der Waals surface area contributed by atoms with Gasteiger partial charge in [-0.15, -0.1) is 11.3 Å². The first-order valence-electron chi connectivity index (χ1n) is 6.86. The molecule has 0 spiro atoms. The number of ether oxygens (including phenoxy) is 1. The van der Waals surface area contributed by atoms with Crippen LogP contribution >= 0.6 is 11.3 Å². The van der Waals surface area contributed by atoms with Gasteiger partial charge in [-0.05, 0) is 20.8 Å². The number of nitrogens with zero attached hydrogens (tertiary/aromatic N) is 3. The fraction of sp³-hybridized carbons (Fsp3) is 0.500. The Morgan fingerprint density at radius 1 is 1.29 bits per heavy atom. The number of hydrogen-bond acceptors (Lipinski definition) is 7. The molecule has 0 fully saturated rings. The van der Waals surface area contributed by atoms with Gasteiger partial charge in [-0.2, -0.15) is 0 Å². The van der Waals surface area contributed by atoms with Crippen LogP contribution in [0.15, 0.2) is 17.6 Å². The molecule has 0 aliphatic heterocycles. The third-order valence-corrected chi connectivity index (χ3v) is 3.97. The van der Waals surface area contributed by atoms with Crippen LogP contribution in [0.1, 0.15) is 31.6 Å². The van der Waals surface area contributed by atoms with Crippen LogP contribution in [0.2, 0.25) is 0 Å². The third kappa shape index (κ3) is 4.12. The number of nitrogens with one attached hydrogen (secondary N) is 2. The van der Waals surface area contributed by atoms with Crippen molar-refractivity contribution in [2.75, 3.05) is 24.3 Å². The van der Waals surface area contributed by atoms with Gasteiger partial charge in [0, 0.05) is 31.3 Å². The number of anilines is 2. The Labute approximate surface area is 129 Å². The quantitative estimate of drug-likeness (QED) is 0.819. The second-order valence-corrected chi connectivity index (χ2v) is 5.92. The lowest BCUT2D eigenvalue weighted by Gasteiger charge is -2.25. The molecule has 2 aromatic rings. The van der Waals surface area contributed by atoms with E-state index in [0.29, 0.717) is 19.0 Å². The van der Waals surface area contributed by atoms with Crippen molar-refractivity contribution in [1.29, 1.82) is 0 Å². The van der Waals surface area contributed by atoms with E-state index in [1.54, 1.807) is 11.3 Å². The summed E-state index contributed by atoms with van der Waals surface area (Å²) >= 11 is 1.62. The Balaban J connectivity index is 2.22. The lowest BCUT2D eigenvalue weighted by Crippen LogP contribution is -2.28. The molecule has 2 aromatic heterocycles. The van der Waals surface area contributed by atoms with E-state index in [2.05, 4.69) is 39.4 Å². The summed E-state index contributed by atoms with van der Waals surface area (Å²) < 4.78 is 5.39. The van der Waals surface area contributed by atoms with Crippen molar-refractivity contribution in [2.45, 2.75) is 32.9 Å². The Morgan fingerprint density at radius 2 is 2.05 bits per heavy atom. The fourth-order valence-corrected chi connectivity index (χ4v) is 2.57. The molecule has 0 aromatic carbocycles. The SMILES string of the molecule is CCOCc1nc(NC)cc(NC(C)(C)c2nccs2)n1. The molecule has 21 heavy (non-hydrogen) atoms. The third-order valence-electron chi connectivity index (χ3n) is 2.87. The Bertz CT molecular complexity index is 571. The van der Waals surface area contributed by atoms with Gasteiger partial charge in [-0.1, -0.05) is 0 Å². The molecular formula is C14H21N5OS. The standard InChI is InChI=1S/C14H21N5OS/c1-5-20-9-12-17-10(15-4)8-11(18-12)19-14(2,3)13-16-6-7-21-13/h6-8H,5,9H2,1-4H3,(H2,15,17,18,19). The zero-order valence-corrected chi connectivity index (χ0v) is 13.6. The molecule has 2 rings (SSSR count). The van der Waals surface area contributed by atoms with E-state index in [-0.39, 0.29) is 5.54 Å². The van der Waals surface area contributed by atoms with Crippen molar-refractivity contribution in [2.24, 2.45) is 0 Å². The summed E-state index contributed by atoms with van der Waals surface area (Å²) in [7, 11) is 1.84. The topological polar surface area (TPSA) is 72.0 Å². The van der Waals surface area contributed by atoms with Crippen LogP contribution in [0.4, 0.5) is 11.6 Å². The van der Waals surface area contributed by atoms with Crippen LogP contribution in [0, 0.1) is 0 Å². The van der Waals surface area contributed by atoms with Gasteiger partial charge in [-0.25, -0.2) is 15.0 Å². The summed E-state index contributed by atoms with van der Waals surface area (Å²) in [4.78, 5) is 13.3. The van der Waals surface area contributed by atoms with Crippen LogP contribution in [0.25, 0.3) is 0 Å². The highest BCUT2D eigenvalue weighted by molar-refractivity contribution is 7.09. The van der Waals surface area contributed by atoms with E-state index in [1.165, 1.54) is 0 Å². The highest BCUT2D eigenvalue weighted by Gasteiger charge is 2.24. The minimum atomic E-state index is -0.295. The Kier molecular flexibility index (Phi) is 5.08. The van der Waals surface area contributed by atoms with Gasteiger partial charge in [0.15, 0.2) is 5.82 Å². The molecule has 0 bridgehead atoms. The summed E-state index contributed by atoms with van der Waals surface area (Å²) in [6.45, 7) is 7.15. The van der Waals surface area contributed by atoms with Crippen molar-refractivity contribution in [3.05, 3.63) is 28.5 Å². The zero-order valence-electron chi connectivity index (χ0n) is 12.8. The summed E-state index contributed by atoms with van der Waals surface area (Å²) in [5.41, 5.74) is -0.295. The molecule has 0 amide bonds. The van der Waals surface area contributed by atoms with E-state index < -0.39 is 0 Å². The first-order valence-corrected chi connectivity index (χ1v) is 7.74. The van der Waals surface area contributed by atoms with Gasteiger partial charge in [0.1, 0.15) is 23.3 Å². The molecule has 0 radical (unpaired) electrons. The molecule has 0 saturated carbocycles. The monoisotopic (exact) mass is 307 g/mol. The maximum Gasteiger partial charge on any atom is 0.158 e. The lowest BCUT2D eigenvalue weighted by molar-refractivity contribution is 0.128. The highest BCUT2D eigenvalue weighted by Crippen LogP contribution is 2.27. The number of hydrogen-bond donors (Lipinski definition) is 2. The van der Waals surface area contributed by atoms with Crippen molar-refractivity contribution in [1.82, 2.24) is 15.0 Å². The maximum atomic E-state index is 5.39. The van der Waals surface area contributed by atoms with Crippen LogP contribution in [0.5, 0.6) is 0 Å². The van der Waals surface area contributed by atoms with Crippen molar-refractivity contribution in [3.63, 3.8) is 0 Å². The molecule has 0 saturated heterocycles. The first kappa shape index (κ1) is 15.7. The van der Waals surface area contributed by atoms with Crippen molar-refractivity contribution < 1.29 is 4.74 Å². The number of rotatable bonds is 7. The second kappa shape index (κ2) is 6.82. The molecule has 0 aliphatic rings. The van der Waals surface area contributed by atoms with Crippen molar-refractivity contribution >= 4 is 23.0 Å². The van der Waals surface area contributed by atoms with Gasteiger partial charge in [0.25, 0.3) is 0 Å². The first-order chi connectivity index (χ1) is 10.0. The number of thiazole rings is 1. The molecule has 2 heterocycles. The van der Waals surface area contributed by atoms with Crippen LogP contribution in [-0.4, -0.2) is 28.6 Å². The van der Waals surface area contributed by atoms with Crippen LogP contribution < -0.4 is 10.6 Å². The zero-order chi connectivity index (χ0) is 15.3. The Morgan fingerprint density at radius 3 is 2.67 bits per heavy atom. The molecule has 0 aliphatic carbocycles. The minimum absolute atomic E-state index is 0.295.